The fourth-order valence-corrected chi connectivity index (χ4v) is 5.68. The molecule has 5 rings (SSSR count). The Labute approximate surface area is 235 Å². The number of aromatic amines is 1. The maximum Gasteiger partial charge on any atom is 0.232 e. The Morgan fingerprint density at radius 3 is 2.63 bits per heavy atom. The van der Waals surface area contributed by atoms with Crippen LogP contribution < -0.4 is 9.46 Å². The van der Waals surface area contributed by atoms with Crippen molar-refractivity contribution in [2.45, 2.75) is 13.3 Å². The summed E-state index contributed by atoms with van der Waals surface area (Å²) >= 11 is 0. The summed E-state index contributed by atoms with van der Waals surface area (Å²) in [5, 5.41) is 0.342. The number of halogens is 2. The minimum atomic E-state index is -3.86. The Hall–Kier alpha value is -3.94. The zero-order valence-corrected chi connectivity index (χ0v) is 23.1. The van der Waals surface area contributed by atoms with Crippen molar-refractivity contribution >= 4 is 32.5 Å². The summed E-state index contributed by atoms with van der Waals surface area (Å²) in [5.41, 5.74) is 0.281. The number of pyridine rings is 2. The smallest absolute Gasteiger partial charge is 0.232 e. The fraction of sp³-hybridized carbons (Fsp3) is 0.321. The van der Waals surface area contributed by atoms with Crippen LogP contribution in [0.1, 0.15) is 29.3 Å². The molecule has 1 saturated heterocycles. The van der Waals surface area contributed by atoms with Crippen molar-refractivity contribution in [1.82, 2.24) is 19.9 Å². The van der Waals surface area contributed by atoms with E-state index in [4.69, 9.17) is 9.47 Å². The topological polar surface area (TPSA) is 127 Å². The number of hydrogen-bond acceptors (Lipinski definition) is 8. The first-order chi connectivity index (χ1) is 19.8. The van der Waals surface area contributed by atoms with Crippen LogP contribution in [0.15, 0.2) is 48.9 Å². The Balaban J connectivity index is 1.36. The molecule has 4 aromatic rings. The van der Waals surface area contributed by atoms with E-state index in [9.17, 15) is 17.6 Å². The number of rotatable bonds is 11. The number of carbonyl (C=O) groups is 1. The number of H-pyrrole nitrogens is 1. The van der Waals surface area contributed by atoms with Gasteiger partial charge in [-0.1, -0.05) is 6.92 Å². The Kier molecular flexibility index (Phi) is 8.57. The second kappa shape index (κ2) is 12.3. The van der Waals surface area contributed by atoms with Crippen LogP contribution in [0.25, 0.3) is 22.2 Å². The monoisotopic (exact) mass is 585 g/mol. The largest absolute Gasteiger partial charge is 0.476 e. The van der Waals surface area contributed by atoms with Gasteiger partial charge in [-0.2, -0.15) is 0 Å². The van der Waals surface area contributed by atoms with Crippen molar-refractivity contribution in [2.75, 3.05) is 49.9 Å². The standard InChI is InChI=1S/C28H29F2N5O5S/c1-2-13-41(37,38)34-23-5-4-22(29)25(26(23)30)27(36)21-17-33-28-20(21)14-19(16-32-28)18-3-6-24(31-15-18)40-12-9-35-7-10-39-11-8-35/h3-6,14-17,34H,2,7-13H2,1H3,(H,32,33). The van der Waals surface area contributed by atoms with Gasteiger partial charge >= 0.3 is 0 Å². The molecule has 10 nitrogen and oxygen atoms in total. The van der Waals surface area contributed by atoms with Crippen molar-refractivity contribution in [2.24, 2.45) is 0 Å². The van der Waals surface area contributed by atoms with E-state index in [1.807, 2.05) is 0 Å². The number of anilines is 1. The van der Waals surface area contributed by atoms with Gasteiger partial charge in [-0.05, 0) is 30.7 Å². The lowest BCUT2D eigenvalue weighted by molar-refractivity contribution is 0.0320. The van der Waals surface area contributed by atoms with Gasteiger partial charge in [-0.25, -0.2) is 27.2 Å². The van der Waals surface area contributed by atoms with Crippen LogP contribution in [0.5, 0.6) is 5.88 Å². The molecule has 0 aliphatic carbocycles. The maximum absolute atomic E-state index is 15.3. The normalized spacial score (nSPS) is 14.3. The first-order valence-corrected chi connectivity index (χ1v) is 14.8. The summed E-state index contributed by atoms with van der Waals surface area (Å²) < 4.78 is 67.5. The zero-order chi connectivity index (χ0) is 29.0. The number of nitrogens with zero attached hydrogens (tertiary/aromatic N) is 3. The Morgan fingerprint density at radius 2 is 1.90 bits per heavy atom. The highest BCUT2D eigenvalue weighted by atomic mass is 32.2. The van der Waals surface area contributed by atoms with Crippen molar-refractivity contribution in [3.8, 4) is 17.0 Å². The molecule has 1 aliphatic heterocycles. The molecule has 4 heterocycles. The van der Waals surface area contributed by atoms with E-state index in [1.165, 1.54) is 6.20 Å². The lowest BCUT2D eigenvalue weighted by atomic mass is 10.00. The van der Waals surface area contributed by atoms with Gasteiger partial charge in [0.25, 0.3) is 0 Å². The molecule has 1 fully saturated rings. The fourth-order valence-electron chi connectivity index (χ4n) is 4.55. The minimum Gasteiger partial charge on any atom is -0.476 e. The summed E-state index contributed by atoms with van der Waals surface area (Å²) in [6.07, 6.45) is 4.83. The molecule has 1 aliphatic rings. The SMILES string of the molecule is CCCS(=O)(=O)Nc1ccc(F)c(C(=O)c2c[nH]c3ncc(-c4ccc(OCCN5CCOCC5)nc4)cc23)c1F. The van der Waals surface area contributed by atoms with Gasteiger partial charge < -0.3 is 14.5 Å². The van der Waals surface area contributed by atoms with E-state index >= 15 is 4.39 Å². The molecule has 0 unspecified atom stereocenters. The summed E-state index contributed by atoms with van der Waals surface area (Å²) in [6.45, 7) is 6.10. The predicted octanol–water partition coefficient (Wildman–Crippen LogP) is 4.00. The first kappa shape index (κ1) is 28.6. The van der Waals surface area contributed by atoms with Crippen LogP contribution in [-0.4, -0.2) is 79.3 Å². The molecule has 2 N–H and O–H groups in total. The molecule has 13 heteroatoms. The van der Waals surface area contributed by atoms with Crippen LogP contribution in [0.3, 0.4) is 0 Å². The van der Waals surface area contributed by atoms with E-state index in [0.29, 0.717) is 41.1 Å². The molecule has 0 bridgehead atoms. The lowest BCUT2D eigenvalue weighted by Crippen LogP contribution is -2.38. The molecule has 0 saturated carbocycles. The van der Waals surface area contributed by atoms with Crippen molar-refractivity contribution in [3.05, 3.63) is 71.7 Å². The Bertz CT molecular complexity index is 1650. The van der Waals surface area contributed by atoms with Crippen LogP contribution in [0.4, 0.5) is 14.5 Å². The highest BCUT2D eigenvalue weighted by molar-refractivity contribution is 7.92. The molecular weight excluding hydrogens is 556 g/mol. The highest BCUT2D eigenvalue weighted by Gasteiger charge is 2.26. The average molecular weight is 586 g/mol. The molecule has 41 heavy (non-hydrogen) atoms. The summed E-state index contributed by atoms with van der Waals surface area (Å²) in [7, 11) is -3.86. The van der Waals surface area contributed by atoms with E-state index < -0.39 is 38.7 Å². The number of fused-ring (bicyclic) bond motifs is 1. The number of ether oxygens (including phenoxy) is 2. The predicted molar refractivity (Wildman–Crippen MR) is 150 cm³/mol. The second-order valence-corrected chi connectivity index (χ2v) is 11.4. The van der Waals surface area contributed by atoms with Crippen LogP contribution in [0, 0.1) is 11.6 Å². The van der Waals surface area contributed by atoms with E-state index in [-0.39, 0.29) is 11.3 Å². The van der Waals surface area contributed by atoms with Gasteiger partial charge in [-0.15, -0.1) is 0 Å². The summed E-state index contributed by atoms with van der Waals surface area (Å²) in [4.78, 5) is 27.2. The van der Waals surface area contributed by atoms with Gasteiger partial charge in [0.15, 0.2) is 5.82 Å². The molecule has 3 aromatic heterocycles. The molecule has 216 valence electrons. The quantitative estimate of drug-likeness (QED) is 0.253. The lowest BCUT2D eigenvalue weighted by Gasteiger charge is -2.26. The van der Waals surface area contributed by atoms with Gasteiger partial charge in [0.1, 0.15) is 18.1 Å². The molecule has 0 spiro atoms. The number of nitrogens with one attached hydrogen (secondary N) is 2. The Morgan fingerprint density at radius 1 is 1.12 bits per heavy atom. The van der Waals surface area contributed by atoms with Crippen molar-refractivity contribution < 1.29 is 31.5 Å². The third-order valence-corrected chi connectivity index (χ3v) is 8.14. The number of hydrogen-bond donors (Lipinski definition) is 2. The second-order valence-electron chi connectivity index (χ2n) is 9.54. The molecular formula is C28H29F2N5O5S. The van der Waals surface area contributed by atoms with E-state index in [2.05, 4.69) is 24.6 Å². The van der Waals surface area contributed by atoms with Crippen LogP contribution in [-0.2, 0) is 14.8 Å². The van der Waals surface area contributed by atoms with Crippen molar-refractivity contribution in [1.29, 1.82) is 0 Å². The molecule has 1 aromatic carbocycles. The first-order valence-electron chi connectivity index (χ1n) is 13.2. The molecule has 0 radical (unpaired) electrons. The van der Waals surface area contributed by atoms with Crippen molar-refractivity contribution in [3.63, 3.8) is 0 Å². The number of sulfonamides is 1. The maximum atomic E-state index is 15.3. The number of benzene rings is 1. The van der Waals surface area contributed by atoms with E-state index in [0.717, 1.165) is 45.0 Å². The summed E-state index contributed by atoms with van der Waals surface area (Å²) in [6, 6.07) is 7.02. The van der Waals surface area contributed by atoms with E-state index in [1.54, 1.807) is 37.5 Å². The zero-order valence-electron chi connectivity index (χ0n) is 22.3. The highest BCUT2D eigenvalue weighted by Crippen LogP contribution is 2.30. The van der Waals surface area contributed by atoms with Gasteiger partial charge in [0.2, 0.25) is 21.7 Å². The molecule has 0 atom stereocenters. The number of ketones is 1. The number of carbonyl (C=O) groups excluding carboxylic acids is 1. The van der Waals surface area contributed by atoms with Gasteiger partial charge in [0, 0.05) is 66.4 Å². The van der Waals surface area contributed by atoms with Crippen LogP contribution in [0.2, 0.25) is 0 Å². The van der Waals surface area contributed by atoms with Gasteiger partial charge in [0.05, 0.1) is 30.2 Å². The molecule has 0 amide bonds. The third kappa shape index (κ3) is 6.53. The number of aromatic nitrogens is 3. The third-order valence-electron chi connectivity index (χ3n) is 6.66. The minimum absolute atomic E-state index is 0.0169. The average Bonchev–Trinajstić information content (AvgIpc) is 3.39. The van der Waals surface area contributed by atoms with Crippen LogP contribution >= 0.6 is 0 Å². The van der Waals surface area contributed by atoms with Gasteiger partial charge in [-0.3, -0.25) is 14.4 Å². The number of morpholine rings is 1. The summed E-state index contributed by atoms with van der Waals surface area (Å²) in [5.74, 6) is -3.14.